The number of nitrogens with one attached hydrogen (secondary N) is 2. The van der Waals surface area contributed by atoms with E-state index in [0.717, 1.165) is 47.7 Å². The zero-order chi connectivity index (χ0) is 26.3. The van der Waals surface area contributed by atoms with Crippen molar-refractivity contribution >= 4 is 34.0 Å². The van der Waals surface area contributed by atoms with E-state index in [-0.39, 0.29) is 53.1 Å². The summed E-state index contributed by atoms with van der Waals surface area (Å²) in [5, 5.41) is 42.5. The summed E-state index contributed by atoms with van der Waals surface area (Å²) in [6.45, 7) is 6.25. The number of aliphatic hydroxyl groups is 1. The van der Waals surface area contributed by atoms with Gasteiger partial charge in [0.1, 0.15) is 0 Å². The second kappa shape index (κ2) is 20.8. The van der Waals surface area contributed by atoms with E-state index in [9.17, 15) is 10.2 Å². The molecule has 0 aliphatic heterocycles. The molecule has 0 aliphatic rings. The zero-order valence-corrected chi connectivity index (χ0v) is 24.3. The molecule has 0 aliphatic carbocycles. The fraction of sp³-hybridized carbons (Fsp3) is 0.267. The second-order valence-corrected chi connectivity index (χ2v) is 8.28. The molecule has 213 valence electrons. The van der Waals surface area contributed by atoms with Crippen LogP contribution in [0.5, 0.6) is 11.5 Å². The van der Waals surface area contributed by atoms with Gasteiger partial charge in [0.05, 0.1) is 13.1 Å². The van der Waals surface area contributed by atoms with E-state index in [0.29, 0.717) is 24.2 Å². The van der Waals surface area contributed by atoms with Crippen LogP contribution in [0.25, 0.3) is 21.5 Å². The first kappa shape index (κ1) is 37.0. The predicted octanol–water partition coefficient (Wildman–Crippen LogP) is -0.967. The Kier molecular flexibility index (Phi) is 19.3. The normalized spacial score (nSPS) is 10.6. The third-order valence-corrected chi connectivity index (χ3v) is 5.62. The van der Waals surface area contributed by atoms with E-state index >= 15 is 0 Å². The quantitative estimate of drug-likeness (QED) is 0.114. The molecule has 0 amide bonds. The van der Waals surface area contributed by atoms with Crippen molar-refractivity contribution < 1.29 is 50.3 Å². The minimum Gasteiger partial charge on any atom is -1.00 e. The molecule has 40 heavy (non-hydrogen) atoms. The standard InChI is InChI=1S/C28H30N4O2.C2H6O.ClH.Fe.H2O/c33-27-11-9-21-5-1-3-7-23(21)25(27)19-31-17-15-29-13-14-30-16-18-32-20-26-24-8-4-2-6-22(24)10-12-28(26)34;1-2-3;;;/h1-12,19-20,29-30,33-34H,13-18H2;3H,2H2,1H3;1H;;1H2/q;;;+5;/p-3. The van der Waals surface area contributed by atoms with Crippen LogP contribution in [0.15, 0.2) is 82.8 Å². The smallest absolute Gasteiger partial charge is 1.00 e. The minimum absolute atomic E-state index is 0. The number of rotatable bonds is 11. The Balaban J connectivity index is 0.00000243. The van der Waals surface area contributed by atoms with Gasteiger partial charge in [0.25, 0.3) is 0 Å². The summed E-state index contributed by atoms with van der Waals surface area (Å²) < 4.78 is 0. The number of halogens is 1. The summed E-state index contributed by atoms with van der Waals surface area (Å²) in [6.07, 6.45) is 3.37. The van der Waals surface area contributed by atoms with E-state index in [1.807, 2.05) is 60.7 Å². The zero-order valence-electron chi connectivity index (χ0n) is 22.4. The summed E-state index contributed by atoms with van der Waals surface area (Å²) in [6, 6.07) is 22.6. The van der Waals surface area contributed by atoms with E-state index in [4.69, 9.17) is 5.11 Å². The topological polar surface area (TPSA) is 147 Å². The summed E-state index contributed by atoms with van der Waals surface area (Å²) in [5.41, 5.74) is 1.29. The molecule has 8 nitrogen and oxygen atoms in total. The van der Waals surface area contributed by atoms with Gasteiger partial charge in [0.2, 0.25) is 0 Å². The van der Waals surface area contributed by atoms with Gasteiger partial charge >= 0.3 is 17.1 Å². The molecule has 0 saturated carbocycles. The van der Waals surface area contributed by atoms with Crippen LogP contribution in [0.2, 0.25) is 0 Å². The van der Waals surface area contributed by atoms with Crippen LogP contribution in [-0.2, 0) is 17.1 Å². The maximum absolute atomic E-state index is 12.2. The number of hydrogen-bond acceptors (Lipinski definition) is 7. The third-order valence-electron chi connectivity index (χ3n) is 5.62. The Morgan fingerprint density at radius 3 is 1.45 bits per heavy atom. The molecular weight excluding hydrogens is 572 g/mol. The van der Waals surface area contributed by atoms with Crippen LogP contribution in [-0.4, -0.2) is 68.9 Å². The maximum Gasteiger partial charge on any atom is 5.00 e. The van der Waals surface area contributed by atoms with Crippen LogP contribution in [0.4, 0.5) is 0 Å². The number of benzene rings is 4. The molecular formula is C30H36ClFeN4O4+2. The molecule has 0 atom stereocenters. The number of aliphatic imine (C=N–C) groups is 2. The van der Waals surface area contributed by atoms with Crippen molar-refractivity contribution in [3.05, 3.63) is 83.9 Å². The predicted molar refractivity (Wildman–Crippen MR) is 154 cm³/mol. The van der Waals surface area contributed by atoms with Crippen LogP contribution in [0.3, 0.4) is 0 Å². The number of nitrogens with zero attached hydrogens (tertiary/aromatic N) is 2. The Morgan fingerprint density at radius 1 is 0.675 bits per heavy atom. The average molecular weight is 608 g/mol. The number of aliphatic hydroxyl groups excluding tert-OH is 1. The van der Waals surface area contributed by atoms with Gasteiger partial charge < -0.3 is 43.8 Å². The fourth-order valence-corrected chi connectivity index (χ4v) is 3.84. The molecule has 1 radical (unpaired) electrons. The summed E-state index contributed by atoms with van der Waals surface area (Å²) >= 11 is 0. The molecule has 0 aromatic heterocycles. The van der Waals surface area contributed by atoms with Crippen molar-refractivity contribution in [2.45, 2.75) is 6.92 Å². The van der Waals surface area contributed by atoms with Crippen LogP contribution in [0, 0.1) is 0 Å². The van der Waals surface area contributed by atoms with Crippen molar-refractivity contribution in [2.75, 3.05) is 45.9 Å². The minimum atomic E-state index is -0.00538. The van der Waals surface area contributed by atoms with Crippen molar-refractivity contribution in [1.82, 2.24) is 10.6 Å². The Bertz CT molecular complexity index is 1240. The van der Waals surface area contributed by atoms with Crippen molar-refractivity contribution in [2.24, 2.45) is 9.98 Å². The Labute approximate surface area is 252 Å². The SMILES string of the molecule is CCO.O.[Cl-].[Fe+5].[O-]c1ccc2ccccc2c1C=NCCNCCNCCN=Cc1c([O-])ccc2ccccc12. The van der Waals surface area contributed by atoms with Gasteiger partial charge in [-0.2, -0.15) is 0 Å². The van der Waals surface area contributed by atoms with Gasteiger partial charge in [0, 0.05) is 45.2 Å². The van der Waals surface area contributed by atoms with E-state index in [1.54, 1.807) is 31.5 Å². The molecule has 0 saturated heterocycles. The molecule has 4 rings (SSSR count). The molecule has 4 aromatic carbocycles. The first-order chi connectivity index (χ1) is 18.2. The van der Waals surface area contributed by atoms with Gasteiger partial charge in [-0.3, -0.25) is 9.98 Å². The summed E-state index contributed by atoms with van der Waals surface area (Å²) in [5.74, 6) is -0.0108. The van der Waals surface area contributed by atoms with Crippen molar-refractivity contribution in [3.63, 3.8) is 0 Å². The van der Waals surface area contributed by atoms with Crippen molar-refractivity contribution in [1.29, 1.82) is 0 Å². The first-order valence-corrected chi connectivity index (χ1v) is 12.5. The molecule has 0 fully saturated rings. The van der Waals surface area contributed by atoms with E-state index in [2.05, 4.69) is 20.6 Å². The van der Waals surface area contributed by atoms with Gasteiger partial charge in [-0.1, -0.05) is 84.3 Å². The van der Waals surface area contributed by atoms with Crippen LogP contribution >= 0.6 is 0 Å². The van der Waals surface area contributed by atoms with Gasteiger partial charge in [0.15, 0.2) is 0 Å². The van der Waals surface area contributed by atoms with Crippen LogP contribution in [0.1, 0.15) is 18.1 Å². The fourth-order valence-electron chi connectivity index (χ4n) is 3.84. The Hall–Kier alpha value is -3.01. The monoisotopic (exact) mass is 607 g/mol. The molecule has 4 aromatic rings. The second-order valence-electron chi connectivity index (χ2n) is 8.28. The van der Waals surface area contributed by atoms with Crippen LogP contribution < -0.4 is 33.3 Å². The molecule has 5 N–H and O–H groups in total. The van der Waals surface area contributed by atoms with Crippen molar-refractivity contribution in [3.8, 4) is 11.5 Å². The third kappa shape index (κ3) is 11.2. The number of fused-ring (bicyclic) bond motifs is 2. The van der Waals surface area contributed by atoms with Gasteiger partial charge in [-0.15, -0.1) is 0 Å². The van der Waals surface area contributed by atoms with E-state index in [1.165, 1.54) is 0 Å². The average Bonchev–Trinajstić information content (AvgIpc) is 2.91. The molecule has 0 heterocycles. The molecule has 0 spiro atoms. The Morgan fingerprint density at radius 2 is 1.05 bits per heavy atom. The molecule has 0 unspecified atom stereocenters. The largest absolute Gasteiger partial charge is 5.00 e. The van der Waals surface area contributed by atoms with Gasteiger partial charge in [-0.25, -0.2) is 0 Å². The summed E-state index contributed by atoms with van der Waals surface area (Å²) in [4.78, 5) is 8.83. The first-order valence-electron chi connectivity index (χ1n) is 12.5. The maximum atomic E-state index is 12.2. The number of hydrogen-bond donors (Lipinski definition) is 3. The molecule has 0 bridgehead atoms. The summed E-state index contributed by atoms with van der Waals surface area (Å²) in [7, 11) is 0. The van der Waals surface area contributed by atoms with Gasteiger partial charge in [-0.05, 0) is 39.6 Å². The van der Waals surface area contributed by atoms with E-state index < -0.39 is 0 Å². The molecule has 10 heteroatoms.